The molecule has 0 N–H and O–H groups in total. The van der Waals surface area contributed by atoms with Crippen LogP contribution in [0.25, 0.3) is 0 Å². The smallest absolute Gasteiger partial charge is 0.136 e. The number of aryl methyl sites for hydroxylation is 3. The van der Waals surface area contributed by atoms with Crippen LogP contribution in [-0.4, -0.2) is 12.3 Å². The monoisotopic (exact) mass is 297 g/mol. The highest BCUT2D eigenvalue weighted by Gasteiger charge is 2.03. The van der Waals surface area contributed by atoms with E-state index in [1.54, 1.807) is 6.08 Å². The van der Waals surface area contributed by atoms with Crippen molar-refractivity contribution in [2.75, 3.05) is 6.61 Å². The van der Waals surface area contributed by atoms with Crippen LogP contribution in [-0.2, 0) is 11.3 Å². The van der Waals surface area contributed by atoms with Crippen molar-refractivity contribution in [1.82, 2.24) is 0 Å². The molecule has 0 aromatic heterocycles. The zero-order valence-electron chi connectivity index (χ0n) is 11.6. The minimum atomic E-state index is 0.410. The summed E-state index contributed by atoms with van der Waals surface area (Å²) >= 11 is 9.82. The highest BCUT2D eigenvalue weighted by molar-refractivity contribution is 7.80. The average Bonchev–Trinajstić information content (AvgIpc) is 2.37. The van der Waals surface area contributed by atoms with Gasteiger partial charge in [0.15, 0.2) is 0 Å². The van der Waals surface area contributed by atoms with Crippen LogP contribution in [0.15, 0.2) is 33.8 Å². The Labute approximate surface area is 125 Å². The molecule has 0 radical (unpaired) electrons. The van der Waals surface area contributed by atoms with Crippen LogP contribution in [0.3, 0.4) is 0 Å². The zero-order chi connectivity index (χ0) is 14.3. The second-order valence-corrected chi connectivity index (χ2v) is 5.28. The molecule has 4 heteroatoms. The molecular weight excluding hydrogens is 278 g/mol. The number of halogens is 1. The van der Waals surface area contributed by atoms with Gasteiger partial charge in [0.2, 0.25) is 0 Å². The first-order valence-electron chi connectivity index (χ1n) is 6.24. The first-order chi connectivity index (χ1) is 9.04. The molecule has 0 saturated heterocycles. The Balaban J connectivity index is 2.54. The molecule has 0 aliphatic heterocycles. The quantitative estimate of drug-likeness (QED) is 0.350. The van der Waals surface area contributed by atoms with E-state index in [-0.39, 0.29) is 0 Å². The maximum absolute atomic E-state index is 5.39. The van der Waals surface area contributed by atoms with E-state index in [4.69, 9.17) is 16.4 Å². The molecule has 19 heavy (non-hydrogen) atoms. The van der Waals surface area contributed by atoms with E-state index in [0.717, 1.165) is 23.4 Å². The topological polar surface area (TPSA) is 21.6 Å². The first kappa shape index (κ1) is 16.1. The lowest BCUT2D eigenvalue weighted by Gasteiger charge is -2.09. The predicted molar refractivity (Wildman–Crippen MR) is 85.5 cm³/mol. The first-order valence-corrected chi connectivity index (χ1v) is 7.12. The molecule has 2 nitrogen and oxygen atoms in total. The van der Waals surface area contributed by atoms with Gasteiger partial charge in [0.1, 0.15) is 6.61 Å². The summed E-state index contributed by atoms with van der Waals surface area (Å²) in [6.07, 6.45) is 3.55. The summed E-state index contributed by atoms with van der Waals surface area (Å²) < 4.78 is 0. The van der Waals surface area contributed by atoms with Crippen LogP contribution in [0, 0.1) is 13.8 Å². The molecule has 0 aliphatic rings. The minimum Gasteiger partial charge on any atom is -0.392 e. The minimum absolute atomic E-state index is 0.410. The van der Waals surface area contributed by atoms with Crippen molar-refractivity contribution < 1.29 is 4.84 Å². The van der Waals surface area contributed by atoms with Gasteiger partial charge >= 0.3 is 0 Å². The Bertz CT molecular complexity index is 483. The van der Waals surface area contributed by atoms with Crippen LogP contribution in [0.5, 0.6) is 0 Å². The van der Waals surface area contributed by atoms with E-state index >= 15 is 0 Å². The molecule has 0 aliphatic carbocycles. The lowest BCUT2D eigenvalue weighted by molar-refractivity contribution is 0.174. The van der Waals surface area contributed by atoms with E-state index in [9.17, 15) is 0 Å². The molecule has 1 aromatic carbocycles. The fraction of sp³-hybridized carbons (Fsp3) is 0.400. The van der Waals surface area contributed by atoms with E-state index < -0.39 is 0 Å². The fourth-order valence-electron chi connectivity index (χ4n) is 1.72. The second-order valence-electron chi connectivity index (χ2n) is 4.55. The van der Waals surface area contributed by atoms with Gasteiger partial charge in [-0.05, 0) is 62.4 Å². The summed E-state index contributed by atoms with van der Waals surface area (Å²) in [5.74, 6) is 0. The van der Waals surface area contributed by atoms with Crippen LogP contribution >= 0.6 is 24.2 Å². The number of oxime groups is 1. The standard InChI is InChI=1S/C15H20ClNOS/c1-11-10-15(19)12(2)9-14(11)6-5-13(3)17-18-8-4-7-16/h4,7,9-10,19H,5-6,8H2,1-3H3/b7-4+,17-13+. The molecular formula is C15H20ClNOS. The molecule has 0 atom stereocenters. The summed E-state index contributed by atoms with van der Waals surface area (Å²) in [6.45, 7) is 6.57. The van der Waals surface area contributed by atoms with Crippen molar-refractivity contribution in [1.29, 1.82) is 0 Å². The molecule has 0 amide bonds. The van der Waals surface area contributed by atoms with Gasteiger partial charge in [-0.15, -0.1) is 12.6 Å². The molecule has 104 valence electrons. The van der Waals surface area contributed by atoms with E-state index in [2.05, 4.69) is 43.8 Å². The van der Waals surface area contributed by atoms with Crippen molar-refractivity contribution in [3.8, 4) is 0 Å². The largest absolute Gasteiger partial charge is 0.392 e. The molecule has 0 spiro atoms. The summed E-state index contributed by atoms with van der Waals surface area (Å²) in [5, 5.41) is 4.04. The number of hydrogen-bond acceptors (Lipinski definition) is 3. The van der Waals surface area contributed by atoms with Gasteiger partial charge in [-0.25, -0.2) is 0 Å². The molecule has 0 heterocycles. The van der Waals surface area contributed by atoms with Crippen LogP contribution < -0.4 is 0 Å². The summed E-state index contributed by atoms with van der Waals surface area (Å²) in [4.78, 5) is 6.15. The zero-order valence-corrected chi connectivity index (χ0v) is 13.3. The number of benzene rings is 1. The van der Waals surface area contributed by atoms with Crippen LogP contribution in [0.4, 0.5) is 0 Å². The third kappa shape index (κ3) is 5.70. The Morgan fingerprint density at radius 2 is 2.11 bits per heavy atom. The molecule has 0 fully saturated rings. The number of nitrogens with zero attached hydrogens (tertiary/aromatic N) is 1. The Morgan fingerprint density at radius 3 is 2.79 bits per heavy atom. The van der Waals surface area contributed by atoms with E-state index in [1.165, 1.54) is 22.2 Å². The van der Waals surface area contributed by atoms with Gasteiger partial charge in [0.05, 0.1) is 5.71 Å². The fourth-order valence-corrected chi connectivity index (χ4v) is 2.05. The van der Waals surface area contributed by atoms with E-state index in [0.29, 0.717) is 6.61 Å². The maximum Gasteiger partial charge on any atom is 0.136 e. The summed E-state index contributed by atoms with van der Waals surface area (Å²) in [5.41, 5.74) is 6.23. The third-order valence-corrected chi connectivity index (χ3v) is 3.55. The summed E-state index contributed by atoms with van der Waals surface area (Å²) in [7, 11) is 0. The number of hydrogen-bond donors (Lipinski definition) is 1. The van der Waals surface area contributed by atoms with Crippen LogP contribution in [0.2, 0.25) is 0 Å². The van der Waals surface area contributed by atoms with Gasteiger partial charge < -0.3 is 4.84 Å². The number of thiol groups is 1. The number of rotatable bonds is 6. The maximum atomic E-state index is 5.39. The van der Waals surface area contributed by atoms with Crippen molar-refractivity contribution in [2.24, 2.45) is 5.16 Å². The molecule has 0 saturated carbocycles. The van der Waals surface area contributed by atoms with Crippen molar-refractivity contribution in [3.63, 3.8) is 0 Å². The normalized spacial score (nSPS) is 12.2. The Morgan fingerprint density at radius 1 is 1.37 bits per heavy atom. The Hall–Kier alpha value is -0.930. The van der Waals surface area contributed by atoms with Crippen LogP contribution in [0.1, 0.15) is 30.0 Å². The summed E-state index contributed by atoms with van der Waals surface area (Å²) in [6, 6.07) is 4.31. The van der Waals surface area contributed by atoms with E-state index in [1.807, 2.05) is 6.92 Å². The highest BCUT2D eigenvalue weighted by Crippen LogP contribution is 2.20. The van der Waals surface area contributed by atoms with Gasteiger partial charge in [-0.3, -0.25) is 0 Å². The third-order valence-electron chi connectivity index (χ3n) is 2.89. The lowest BCUT2D eigenvalue weighted by Crippen LogP contribution is -1.99. The SMILES string of the molecule is C/C(CCc1cc(C)c(S)cc1C)=N\OC/C=C/Cl. The Kier molecular flexibility index (Phi) is 7.03. The van der Waals surface area contributed by atoms with Crippen molar-refractivity contribution in [3.05, 3.63) is 40.4 Å². The second kappa shape index (κ2) is 8.28. The van der Waals surface area contributed by atoms with Gasteiger partial charge in [0.25, 0.3) is 0 Å². The molecule has 1 rings (SSSR count). The molecule has 0 unspecified atom stereocenters. The van der Waals surface area contributed by atoms with Gasteiger partial charge in [0, 0.05) is 10.4 Å². The van der Waals surface area contributed by atoms with Crippen molar-refractivity contribution >= 4 is 29.9 Å². The molecule has 0 bridgehead atoms. The van der Waals surface area contributed by atoms with Gasteiger partial charge in [-0.1, -0.05) is 22.8 Å². The van der Waals surface area contributed by atoms with Crippen molar-refractivity contribution in [2.45, 2.75) is 38.5 Å². The highest BCUT2D eigenvalue weighted by atomic mass is 35.5. The average molecular weight is 298 g/mol. The predicted octanol–water partition coefficient (Wildman–Crippen LogP) is 4.67. The molecule has 1 aromatic rings. The lowest BCUT2D eigenvalue weighted by atomic mass is 10.0. The van der Waals surface area contributed by atoms with Gasteiger partial charge in [-0.2, -0.15) is 0 Å².